The molecule has 0 atom stereocenters. The third-order valence-corrected chi connectivity index (χ3v) is 4.34. The summed E-state index contributed by atoms with van der Waals surface area (Å²) in [5.74, 6) is -0.651. The second-order valence-corrected chi connectivity index (χ2v) is 6.71. The Bertz CT molecular complexity index is 787. The number of sulfonamides is 1. The smallest absolute Gasteiger partial charge is 0.261 e. The standard InChI is InChI=1S/C13H10Cl2N2O3S/c14-9-5-10(15)7-12(6-9)21(19,20)17-11-3-1-2-8(4-11)13(16)18/h1-7,17H,(H2,16,18). The van der Waals surface area contributed by atoms with Gasteiger partial charge in [0, 0.05) is 21.3 Å². The summed E-state index contributed by atoms with van der Waals surface area (Å²) >= 11 is 11.6. The van der Waals surface area contributed by atoms with Crippen LogP contribution in [0.2, 0.25) is 10.0 Å². The lowest BCUT2D eigenvalue weighted by Gasteiger charge is -2.09. The van der Waals surface area contributed by atoms with Gasteiger partial charge in [0.15, 0.2) is 0 Å². The molecule has 3 N–H and O–H groups in total. The number of rotatable bonds is 4. The van der Waals surface area contributed by atoms with Gasteiger partial charge in [-0.2, -0.15) is 0 Å². The topological polar surface area (TPSA) is 89.3 Å². The zero-order valence-corrected chi connectivity index (χ0v) is 12.8. The van der Waals surface area contributed by atoms with Crippen LogP contribution in [0.3, 0.4) is 0 Å². The molecule has 5 nitrogen and oxygen atoms in total. The number of carbonyl (C=O) groups excluding carboxylic acids is 1. The van der Waals surface area contributed by atoms with Gasteiger partial charge in [0.05, 0.1) is 4.90 Å². The number of benzene rings is 2. The van der Waals surface area contributed by atoms with Crippen molar-refractivity contribution in [3.05, 3.63) is 58.1 Å². The average Bonchev–Trinajstić information content (AvgIpc) is 2.37. The van der Waals surface area contributed by atoms with Crippen LogP contribution in [0.5, 0.6) is 0 Å². The van der Waals surface area contributed by atoms with Gasteiger partial charge in [-0.1, -0.05) is 29.3 Å². The van der Waals surface area contributed by atoms with Gasteiger partial charge in [-0.05, 0) is 36.4 Å². The van der Waals surface area contributed by atoms with Crippen molar-refractivity contribution in [1.29, 1.82) is 0 Å². The fourth-order valence-electron chi connectivity index (χ4n) is 1.63. The van der Waals surface area contributed by atoms with Gasteiger partial charge in [0.25, 0.3) is 10.0 Å². The molecule has 110 valence electrons. The van der Waals surface area contributed by atoms with Crippen LogP contribution in [0.1, 0.15) is 10.4 Å². The van der Waals surface area contributed by atoms with E-state index in [4.69, 9.17) is 28.9 Å². The molecule has 2 aromatic carbocycles. The van der Waals surface area contributed by atoms with Gasteiger partial charge in [0.1, 0.15) is 0 Å². The Morgan fingerprint density at radius 3 is 2.24 bits per heavy atom. The number of halogens is 2. The fraction of sp³-hybridized carbons (Fsp3) is 0. The quantitative estimate of drug-likeness (QED) is 0.893. The molecule has 0 aromatic heterocycles. The van der Waals surface area contributed by atoms with Crippen LogP contribution in [0.4, 0.5) is 5.69 Å². The Hall–Kier alpha value is -1.76. The van der Waals surface area contributed by atoms with Gasteiger partial charge in [0.2, 0.25) is 5.91 Å². The molecule has 0 saturated carbocycles. The number of nitrogens with one attached hydrogen (secondary N) is 1. The zero-order valence-electron chi connectivity index (χ0n) is 10.5. The Labute approximate surface area is 131 Å². The molecule has 1 amide bonds. The molecule has 0 aliphatic rings. The van der Waals surface area contributed by atoms with Crippen molar-refractivity contribution in [3.8, 4) is 0 Å². The van der Waals surface area contributed by atoms with Gasteiger partial charge < -0.3 is 5.73 Å². The zero-order chi connectivity index (χ0) is 15.6. The molecule has 0 bridgehead atoms. The molecule has 2 rings (SSSR count). The number of hydrogen-bond donors (Lipinski definition) is 2. The summed E-state index contributed by atoms with van der Waals surface area (Å²) in [5.41, 5.74) is 5.55. The molecule has 0 aliphatic carbocycles. The minimum absolute atomic E-state index is 0.0792. The molecule has 0 radical (unpaired) electrons. The van der Waals surface area contributed by atoms with Crippen molar-refractivity contribution in [2.45, 2.75) is 4.90 Å². The monoisotopic (exact) mass is 344 g/mol. The summed E-state index contributed by atoms with van der Waals surface area (Å²) in [6.45, 7) is 0. The van der Waals surface area contributed by atoms with Crippen molar-refractivity contribution in [2.24, 2.45) is 5.73 Å². The Balaban J connectivity index is 2.37. The molecule has 8 heteroatoms. The number of nitrogens with two attached hydrogens (primary N) is 1. The van der Waals surface area contributed by atoms with Crippen molar-refractivity contribution in [1.82, 2.24) is 0 Å². The van der Waals surface area contributed by atoms with Crippen LogP contribution in [0.25, 0.3) is 0 Å². The molecule has 0 unspecified atom stereocenters. The Morgan fingerprint density at radius 1 is 1.05 bits per heavy atom. The maximum atomic E-state index is 12.2. The van der Waals surface area contributed by atoms with E-state index >= 15 is 0 Å². The molecule has 21 heavy (non-hydrogen) atoms. The van der Waals surface area contributed by atoms with E-state index in [1.54, 1.807) is 0 Å². The fourth-order valence-corrected chi connectivity index (χ4v) is 3.41. The van der Waals surface area contributed by atoms with Crippen molar-refractivity contribution < 1.29 is 13.2 Å². The maximum absolute atomic E-state index is 12.2. The highest BCUT2D eigenvalue weighted by molar-refractivity contribution is 7.92. The Morgan fingerprint density at radius 2 is 1.67 bits per heavy atom. The van der Waals surface area contributed by atoms with Gasteiger partial charge in [-0.25, -0.2) is 8.42 Å². The largest absolute Gasteiger partial charge is 0.366 e. The molecular weight excluding hydrogens is 335 g/mol. The number of carbonyl (C=O) groups is 1. The van der Waals surface area contributed by atoms with E-state index in [0.29, 0.717) is 0 Å². The summed E-state index contributed by atoms with van der Waals surface area (Å²) in [5, 5.41) is 0.405. The van der Waals surface area contributed by atoms with E-state index in [1.807, 2.05) is 0 Å². The molecule has 2 aromatic rings. The summed E-state index contributed by atoms with van der Waals surface area (Å²) in [6.07, 6.45) is 0. The molecule has 0 aliphatic heterocycles. The molecule has 0 spiro atoms. The van der Waals surface area contributed by atoms with Crippen LogP contribution in [-0.4, -0.2) is 14.3 Å². The Kier molecular flexibility index (Phi) is 4.41. The average molecular weight is 345 g/mol. The van der Waals surface area contributed by atoms with Crippen LogP contribution in [-0.2, 0) is 10.0 Å². The summed E-state index contributed by atoms with van der Waals surface area (Å²) < 4.78 is 26.8. The van der Waals surface area contributed by atoms with Gasteiger partial charge >= 0.3 is 0 Å². The molecule has 0 heterocycles. The van der Waals surface area contributed by atoms with E-state index < -0.39 is 15.9 Å². The molecule has 0 saturated heterocycles. The van der Waals surface area contributed by atoms with Crippen molar-refractivity contribution in [3.63, 3.8) is 0 Å². The third kappa shape index (κ3) is 3.87. The first-order chi connectivity index (χ1) is 9.78. The highest BCUT2D eigenvalue weighted by Crippen LogP contribution is 2.24. The van der Waals surface area contributed by atoms with Crippen LogP contribution >= 0.6 is 23.2 Å². The number of amides is 1. The number of hydrogen-bond acceptors (Lipinski definition) is 3. The first-order valence-corrected chi connectivity index (χ1v) is 7.90. The van der Waals surface area contributed by atoms with Crippen LogP contribution < -0.4 is 10.5 Å². The minimum Gasteiger partial charge on any atom is -0.366 e. The minimum atomic E-state index is -3.87. The van der Waals surface area contributed by atoms with Gasteiger partial charge in [-0.15, -0.1) is 0 Å². The summed E-state index contributed by atoms with van der Waals surface area (Å²) in [6, 6.07) is 9.80. The van der Waals surface area contributed by atoms with E-state index in [1.165, 1.54) is 42.5 Å². The lowest BCUT2D eigenvalue weighted by Crippen LogP contribution is -2.15. The predicted octanol–water partition coefficient (Wildman–Crippen LogP) is 2.89. The van der Waals surface area contributed by atoms with E-state index in [0.717, 1.165) is 0 Å². The first kappa shape index (κ1) is 15.6. The summed E-state index contributed by atoms with van der Waals surface area (Å²) in [7, 11) is -3.87. The number of anilines is 1. The van der Waals surface area contributed by atoms with Crippen LogP contribution in [0.15, 0.2) is 47.4 Å². The van der Waals surface area contributed by atoms with Crippen molar-refractivity contribution >= 4 is 44.8 Å². The van der Waals surface area contributed by atoms with Crippen molar-refractivity contribution in [2.75, 3.05) is 4.72 Å². The lowest BCUT2D eigenvalue weighted by atomic mass is 10.2. The third-order valence-electron chi connectivity index (χ3n) is 2.55. The van der Waals surface area contributed by atoms with Crippen LogP contribution in [0, 0.1) is 0 Å². The highest BCUT2D eigenvalue weighted by Gasteiger charge is 2.16. The number of primary amides is 1. The first-order valence-electron chi connectivity index (χ1n) is 5.67. The normalized spacial score (nSPS) is 11.1. The van der Waals surface area contributed by atoms with E-state index in [2.05, 4.69) is 4.72 Å². The molecular formula is C13H10Cl2N2O3S. The predicted molar refractivity (Wildman–Crippen MR) is 82.2 cm³/mol. The van der Waals surface area contributed by atoms with E-state index in [9.17, 15) is 13.2 Å². The maximum Gasteiger partial charge on any atom is 0.261 e. The summed E-state index contributed by atoms with van der Waals surface area (Å²) in [4.78, 5) is 11.0. The lowest BCUT2D eigenvalue weighted by molar-refractivity contribution is 0.100. The van der Waals surface area contributed by atoms with E-state index in [-0.39, 0.29) is 26.2 Å². The second kappa shape index (κ2) is 5.93. The highest BCUT2D eigenvalue weighted by atomic mass is 35.5. The molecule has 0 fully saturated rings. The SMILES string of the molecule is NC(=O)c1cccc(NS(=O)(=O)c2cc(Cl)cc(Cl)c2)c1. The second-order valence-electron chi connectivity index (χ2n) is 4.16. The van der Waals surface area contributed by atoms with Gasteiger partial charge in [-0.3, -0.25) is 9.52 Å².